The molecule has 5 nitrogen and oxygen atoms in total. The Balaban J connectivity index is 2.38. The second kappa shape index (κ2) is 2.66. The van der Waals surface area contributed by atoms with Gasteiger partial charge in [0.05, 0.1) is 5.69 Å². The Kier molecular flexibility index (Phi) is 1.38. The summed E-state index contributed by atoms with van der Waals surface area (Å²) in [4.78, 5) is 4.08. The van der Waals surface area contributed by atoms with Crippen molar-refractivity contribution in [3.05, 3.63) is 30.1 Å². The van der Waals surface area contributed by atoms with E-state index in [1.54, 1.807) is 18.6 Å². The molecule has 1 aliphatic rings. The minimum atomic E-state index is 0.834. The number of aromatic nitrogens is 3. The van der Waals surface area contributed by atoms with Crippen LogP contribution in [0.4, 0.5) is 5.69 Å². The van der Waals surface area contributed by atoms with Crippen molar-refractivity contribution in [1.82, 2.24) is 15.4 Å². The van der Waals surface area contributed by atoms with Gasteiger partial charge in [0, 0.05) is 24.2 Å². The maximum atomic E-state index is 4.08. The van der Waals surface area contributed by atoms with Gasteiger partial charge >= 0.3 is 0 Å². The van der Waals surface area contributed by atoms with Crippen molar-refractivity contribution in [2.45, 2.75) is 0 Å². The summed E-state index contributed by atoms with van der Waals surface area (Å²) >= 11 is 0. The summed E-state index contributed by atoms with van der Waals surface area (Å²) in [6.07, 6.45) is 5.27. The normalized spacial score (nSPS) is 13.7. The first-order valence-corrected chi connectivity index (χ1v) is 4.23. The first-order chi connectivity index (χ1) is 6.95. The average Bonchev–Trinajstić information content (AvgIpc) is 2.55. The van der Waals surface area contributed by atoms with Gasteiger partial charge in [-0.25, -0.2) is 0 Å². The average molecular weight is 185 g/mol. The molecular weight excluding hydrogens is 178 g/mol. The van der Waals surface area contributed by atoms with Crippen LogP contribution in [-0.2, 0) is 0 Å². The minimum absolute atomic E-state index is 0.834. The molecule has 0 saturated carbocycles. The van der Waals surface area contributed by atoms with Gasteiger partial charge in [0.1, 0.15) is 11.0 Å². The maximum absolute atomic E-state index is 4.08. The van der Waals surface area contributed by atoms with E-state index in [4.69, 9.17) is 0 Å². The molecular formula is C9H7N5. The number of aromatic amines is 1. The molecule has 2 aromatic rings. The quantitative estimate of drug-likeness (QED) is 0.649. The number of nitrogens with zero attached hydrogens (tertiary/aromatic N) is 3. The molecule has 3 rings (SSSR count). The molecule has 5 heteroatoms. The summed E-state index contributed by atoms with van der Waals surface area (Å²) in [7, 11) is 0. The smallest absolute Gasteiger partial charge is 0.137 e. The van der Waals surface area contributed by atoms with E-state index >= 15 is 0 Å². The van der Waals surface area contributed by atoms with Crippen LogP contribution < -0.4 is 5.32 Å². The molecule has 68 valence electrons. The van der Waals surface area contributed by atoms with Crippen LogP contribution in [0.15, 0.2) is 29.5 Å². The molecule has 0 bridgehead atoms. The molecule has 2 heterocycles. The zero-order valence-electron chi connectivity index (χ0n) is 7.23. The van der Waals surface area contributed by atoms with E-state index in [2.05, 4.69) is 25.7 Å². The monoisotopic (exact) mass is 185 g/mol. The van der Waals surface area contributed by atoms with Crippen LogP contribution >= 0.6 is 0 Å². The summed E-state index contributed by atoms with van der Waals surface area (Å²) < 4.78 is 0. The van der Waals surface area contributed by atoms with Gasteiger partial charge in [-0.15, -0.1) is 0 Å². The van der Waals surface area contributed by atoms with Crippen molar-refractivity contribution in [2.24, 2.45) is 4.99 Å². The summed E-state index contributed by atoms with van der Waals surface area (Å²) in [5.74, 6) is 0. The predicted octanol–water partition coefficient (Wildman–Crippen LogP) is 1.27. The van der Waals surface area contributed by atoms with Gasteiger partial charge in [0.15, 0.2) is 0 Å². The molecule has 1 aromatic carbocycles. The lowest BCUT2D eigenvalue weighted by Crippen LogP contribution is -1.93. The number of aliphatic imine (C=N–C) groups is 1. The number of benzene rings is 1. The Morgan fingerprint density at radius 1 is 1.14 bits per heavy atom. The number of nitrogens with one attached hydrogen (secondary N) is 2. The number of anilines is 1. The first-order valence-electron chi connectivity index (χ1n) is 4.23. The van der Waals surface area contributed by atoms with Crippen molar-refractivity contribution >= 4 is 22.9 Å². The van der Waals surface area contributed by atoms with E-state index in [0.717, 1.165) is 22.3 Å². The molecule has 14 heavy (non-hydrogen) atoms. The van der Waals surface area contributed by atoms with Crippen LogP contribution in [0.1, 0.15) is 5.56 Å². The molecule has 1 aromatic heterocycles. The SMILES string of the molecule is C1=CNc2c(ccc3n[nH]nc23)C=N1. The minimum Gasteiger partial charge on any atom is -0.358 e. The van der Waals surface area contributed by atoms with Crippen molar-refractivity contribution in [2.75, 3.05) is 5.32 Å². The van der Waals surface area contributed by atoms with Crippen molar-refractivity contribution in [3.8, 4) is 0 Å². The summed E-state index contributed by atoms with van der Waals surface area (Å²) in [5.41, 5.74) is 3.63. The van der Waals surface area contributed by atoms with E-state index in [1.807, 2.05) is 12.1 Å². The Bertz CT molecular complexity index is 537. The van der Waals surface area contributed by atoms with Gasteiger partial charge in [0.25, 0.3) is 0 Å². The highest BCUT2D eigenvalue weighted by Crippen LogP contribution is 2.24. The topological polar surface area (TPSA) is 66.0 Å². The van der Waals surface area contributed by atoms with E-state index in [1.165, 1.54) is 0 Å². The first kappa shape index (κ1) is 7.25. The number of H-pyrrole nitrogens is 1. The van der Waals surface area contributed by atoms with Gasteiger partial charge in [-0.1, -0.05) is 0 Å². The third-order valence-corrected chi connectivity index (χ3v) is 2.12. The van der Waals surface area contributed by atoms with Crippen LogP contribution in [0.2, 0.25) is 0 Å². The molecule has 0 saturated heterocycles. The highest BCUT2D eigenvalue weighted by atomic mass is 15.3. The van der Waals surface area contributed by atoms with Crippen LogP contribution in [0.25, 0.3) is 11.0 Å². The third-order valence-electron chi connectivity index (χ3n) is 2.12. The Labute approximate surface area is 79.5 Å². The molecule has 0 amide bonds. The van der Waals surface area contributed by atoms with E-state index in [0.29, 0.717) is 0 Å². The lowest BCUT2D eigenvalue weighted by atomic mass is 10.1. The predicted molar refractivity (Wildman–Crippen MR) is 54.2 cm³/mol. The van der Waals surface area contributed by atoms with Crippen molar-refractivity contribution in [3.63, 3.8) is 0 Å². The fraction of sp³-hybridized carbons (Fsp3) is 0. The number of fused-ring (bicyclic) bond motifs is 3. The van der Waals surface area contributed by atoms with Gasteiger partial charge in [-0.05, 0) is 12.1 Å². The number of rotatable bonds is 0. The van der Waals surface area contributed by atoms with E-state index < -0.39 is 0 Å². The fourth-order valence-electron chi connectivity index (χ4n) is 1.47. The van der Waals surface area contributed by atoms with Crippen LogP contribution in [0, 0.1) is 0 Å². The second-order valence-corrected chi connectivity index (χ2v) is 2.96. The molecule has 0 atom stereocenters. The van der Waals surface area contributed by atoms with Gasteiger partial charge in [-0.2, -0.15) is 15.4 Å². The standard InChI is InChI=1S/C9H7N5/c1-2-7-9(13-14-12-7)8-6(1)5-10-3-4-11-8/h1-5,11H,(H,12,13,14). The lowest BCUT2D eigenvalue weighted by molar-refractivity contribution is 0.959. The molecule has 2 N–H and O–H groups in total. The van der Waals surface area contributed by atoms with E-state index in [9.17, 15) is 0 Å². The summed E-state index contributed by atoms with van der Waals surface area (Å²) in [6.45, 7) is 0. The van der Waals surface area contributed by atoms with Crippen LogP contribution in [0.3, 0.4) is 0 Å². The largest absolute Gasteiger partial charge is 0.358 e. The Morgan fingerprint density at radius 3 is 3.14 bits per heavy atom. The van der Waals surface area contributed by atoms with Gasteiger partial charge in [-0.3, -0.25) is 4.99 Å². The lowest BCUT2D eigenvalue weighted by Gasteiger charge is -2.02. The molecule has 0 fully saturated rings. The van der Waals surface area contributed by atoms with Crippen LogP contribution in [-0.4, -0.2) is 21.6 Å². The Morgan fingerprint density at radius 2 is 2.14 bits per heavy atom. The highest BCUT2D eigenvalue weighted by Gasteiger charge is 2.09. The number of hydrogen-bond donors (Lipinski definition) is 2. The maximum Gasteiger partial charge on any atom is 0.137 e. The molecule has 0 aliphatic carbocycles. The zero-order chi connectivity index (χ0) is 9.38. The van der Waals surface area contributed by atoms with Crippen molar-refractivity contribution in [1.29, 1.82) is 0 Å². The Hall–Kier alpha value is -2.17. The highest BCUT2D eigenvalue weighted by molar-refractivity contribution is 6.00. The summed E-state index contributed by atoms with van der Waals surface area (Å²) in [5, 5.41) is 13.8. The second-order valence-electron chi connectivity index (χ2n) is 2.96. The fourth-order valence-corrected chi connectivity index (χ4v) is 1.47. The molecule has 0 radical (unpaired) electrons. The molecule has 0 spiro atoms. The molecule has 0 unspecified atom stereocenters. The summed E-state index contributed by atoms with van der Waals surface area (Å²) in [6, 6.07) is 3.88. The van der Waals surface area contributed by atoms with Gasteiger partial charge in [0.2, 0.25) is 0 Å². The van der Waals surface area contributed by atoms with Crippen molar-refractivity contribution < 1.29 is 0 Å². The van der Waals surface area contributed by atoms with E-state index in [-0.39, 0.29) is 0 Å². The third kappa shape index (κ3) is 0.922. The zero-order valence-corrected chi connectivity index (χ0v) is 7.23. The molecule has 1 aliphatic heterocycles. The number of hydrogen-bond acceptors (Lipinski definition) is 4. The van der Waals surface area contributed by atoms with Crippen LogP contribution in [0.5, 0.6) is 0 Å². The van der Waals surface area contributed by atoms with Gasteiger partial charge < -0.3 is 5.32 Å².